The zero-order chi connectivity index (χ0) is 16.0. The third-order valence-corrected chi connectivity index (χ3v) is 4.52. The molecule has 0 unspecified atom stereocenters. The molecule has 0 aliphatic rings. The molecule has 0 fully saturated rings. The summed E-state index contributed by atoms with van der Waals surface area (Å²) in [5.41, 5.74) is -0.0939. The van der Waals surface area contributed by atoms with Crippen LogP contribution in [0.2, 0.25) is 0 Å². The predicted molar refractivity (Wildman–Crippen MR) is 88.5 cm³/mol. The maximum atomic E-state index is 12.0. The number of rotatable bonds is 7. The van der Waals surface area contributed by atoms with Gasteiger partial charge in [0.1, 0.15) is 0 Å². The van der Waals surface area contributed by atoms with Gasteiger partial charge < -0.3 is 10.1 Å². The quantitative estimate of drug-likeness (QED) is 0.823. The van der Waals surface area contributed by atoms with Crippen LogP contribution in [-0.2, 0) is 16.7 Å². The van der Waals surface area contributed by atoms with E-state index in [0.717, 1.165) is 0 Å². The molecule has 0 saturated carbocycles. The summed E-state index contributed by atoms with van der Waals surface area (Å²) in [7, 11) is 1.64. The molecule has 0 aliphatic heterocycles. The fraction of sp³-hybridized carbons (Fsp3) is 0.467. The van der Waals surface area contributed by atoms with Gasteiger partial charge in [0.15, 0.2) is 5.82 Å². The van der Waals surface area contributed by atoms with E-state index < -0.39 is 0 Å². The van der Waals surface area contributed by atoms with Gasteiger partial charge in [-0.15, -0.1) is 11.3 Å². The Kier molecular flexibility index (Phi) is 5.57. The molecule has 0 spiro atoms. The second-order valence-electron chi connectivity index (χ2n) is 5.63. The SMILES string of the molecule is COCCn1ccc(NC(=O)NCC(C)(C)c2cccs2)n1. The van der Waals surface area contributed by atoms with Gasteiger partial charge in [-0.1, -0.05) is 19.9 Å². The highest BCUT2D eigenvalue weighted by Gasteiger charge is 2.22. The highest BCUT2D eigenvalue weighted by molar-refractivity contribution is 7.10. The molecule has 2 heterocycles. The molecule has 0 aliphatic carbocycles. The molecule has 2 aromatic heterocycles. The summed E-state index contributed by atoms with van der Waals surface area (Å²) in [6.45, 7) is 6.02. The summed E-state index contributed by atoms with van der Waals surface area (Å²) in [5.74, 6) is 0.530. The molecule has 0 radical (unpaired) electrons. The van der Waals surface area contributed by atoms with Gasteiger partial charge >= 0.3 is 6.03 Å². The standard InChI is InChI=1S/C15H22N4O2S/c1-15(2,12-5-4-10-22-12)11-16-14(20)17-13-6-7-19(18-13)8-9-21-3/h4-7,10H,8-9,11H2,1-3H3,(H2,16,17,18,20). The van der Waals surface area contributed by atoms with Crippen LogP contribution in [0.5, 0.6) is 0 Å². The molecule has 2 aromatic rings. The zero-order valence-corrected chi connectivity index (χ0v) is 13.9. The van der Waals surface area contributed by atoms with Gasteiger partial charge in [0.2, 0.25) is 0 Å². The van der Waals surface area contributed by atoms with E-state index in [1.807, 2.05) is 17.6 Å². The van der Waals surface area contributed by atoms with Crippen molar-refractivity contribution in [1.29, 1.82) is 0 Å². The lowest BCUT2D eigenvalue weighted by atomic mass is 9.91. The van der Waals surface area contributed by atoms with Crippen LogP contribution in [0.3, 0.4) is 0 Å². The zero-order valence-electron chi connectivity index (χ0n) is 13.1. The third-order valence-electron chi connectivity index (χ3n) is 3.29. The highest BCUT2D eigenvalue weighted by Crippen LogP contribution is 2.26. The lowest BCUT2D eigenvalue weighted by Gasteiger charge is -2.23. The van der Waals surface area contributed by atoms with Crippen molar-refractivity contribution < 1.29 is 9.53 Å². The Balaban J connectivity index is 1.81. The average Bonchev–Trinajstić information content (AvgIpc) is 3.15. The van der Waals surface area contributed by atoms with Crippen LogP contribution in [0.15, 0.2) is 29.8 Å². The van der Waals surface area contributed by atoms with E-state index in [-0.39, 0.29) is 11.4 Å². The van der Waals surface area contributed by atoms with E-state index in [4.69, 9.17) is 4.74 Å². The van der Waals surface area contributed by atoms with Crippen molar-refractivity contribution in [3.8, 4) is 0 Å². The molecule has 2 rings (SSSR count). The van der Waals surface area contributed by atoms with Crippen LogP contribution in [-0.4, -0.2) is 36.1 Å². The first-order valence-corrected chi connectivity index (χ1v) is 8.00. The van der Waals surface area contributed by atoms with Gasteiger partial charge in [-0.3, -0.25) is 10.00 Å². The Hall–Kier alpha value is -1.86. The minimum atomic E-state index is -0.248. The van der Waals surface area contributed by atoms with Crippen LogP contribution in [0.1, 0.15) is 18.7 Å². The van der Waals surface area contributed by atoms with Crippen molar-refractivity contribution in [1.82, 2.24) is 15.1 Å². The van der Waals surface area contributed by atoms with Crippen LogP contribution in [0.25, 0.3) is 0 Å². The number of methoxy groups -OCH3 is 1. The van der Waals surface area contributed by atoms with Crippen molar-refractivity contribution in [2.45, 2.75) is 25.8 Å². The number of amides is 2. The van der Waals surface area contributed by atoms with Crippen molar-refractivity contribution in [3.05, 3.63) is 34.7 Å². The second kappa shape index (κ2) is 7.42. The van der Waals surface area contributed by atoms with Gasteiger partial charge in [-0.2, -0.15) is 5.10 Å². The monoisotopic (exact) mass is 322 g/mol. The molecular formula is C15H22N4O2S. The van der Waals surface area contributed by atoms with Crippen LogP contribution >= 0.6 is 11.3 Å². The predicted octanol–water partition coefficient (Wildman–Crippen LogP) is 2.69. The summed E-state index contributed by atoms with van der Waals surface area (Å²) < 4.78 is 6.72. The number of thiophene rings is 1. The Morgan fingerprint density at radius 2 is 2.27 bits per heavy atom. The second-order valence-corrected chi connectivity index (χ2v) is 6.57. The van der Waals surface area contributed by atoms with Crippen LogP contribution in [0.4, 0.5) is 10.6 Å². The van der Waals surface area contributed by atoms with Crippen LogP contribution < -0.4 is 10.6 Å². The first kappa shape index (κ1) is 16.5. The Bertz CT molecular complexity index is 592. The molecule has 0 aromatic carbocycles. The lowest BCUT2D eigenvalue weighted by molar-refractivity contribution is 0.183. The van der Waals surface area contributed by atoms with E-state index in [1.54, 1.807) is 29.2 Å². The van der Waals surface area contributed by atoms with Crippen molar-refractivity contribution in [2.75, 3.05) is 25.6 Å². The molecule has 0 saturated heterocycles. The van der Waals surface area contributed by atoms with E-state index >= 15 is 0 Å². The molecular weight excluding hydrogens is 300 g/mol. The van der Waals surface area contributed by atoms with Gasteiger partial charge in [0.05, 0.1) is 13.2 Å². The van der Waals surface area contributed by atoms with E-state index in [2.05, 4.69) is 35.6 Å². The Morgan fingerprint density at radius 3 is 2.95 bits per heavy atom. The number of hydrogen-bond donors (Lipinski definition) is 2. The summed E-state index contributed by atoms with van der Waals surface area (Å²) in [6.07, 6.45) is 1.81. The van der Waals surface area contributed by atoms with Gasteiger partial charge in [0, 0.05) is 36.2 Å². The summed E-state index contributed by atoms with van der Waals surface area (Å²) in [4.78, 5) is 13.2. The maximum absolute atomic E-state index is 12.0. The minimum absolute atomic E-state index is 0.0939. The summed E-state index contributed by atoms with van der Waals surface area (Å²) >= 11 is 1.70. The minimum Gasteiger partial charge on any atom is -0.383 e. The molecule has 22 heavy (non-hydrogen) atoms. The molecule has 6 nitrogen and oxygen atoms in total. The van der Waals surface area contributed by atoms with Crippen LogP contribution in [0, 0.1) is 0 Å². The number of ether oxygens (including phenoxy) is 1. The first-order chi connectivity index (χ1) is 10.5. The maximum Gasteiger partial charge on any atom is 0.320 e. The number of anilines is 1. The highest BCUT2D eigenvalue weighted by atomic mass is 32.1. The first-order valence-electron chi connectivity index (χ1n) is 7.12. The normalized spacial score (nSPS) is 11.4. The largest absolute Gasteiger partial charge is 0.383 e. The molecule has 120 valence electrons. The third kappa shape index (κ3) is 4.57. The molecule has 0 atom stereocenters. The number of carbonyl (C=O) groups is 1. The Labute approximate surface area is 134 Å². The molecule has 2 amide bonds. The topological polar surface area (TPSA) is 68.2 Å². The van der Waals surface area contributed by atoms with E-state index in [1.165, 1.54) is 4.88 Å². The summed E-state index contributed by atoms with van der Waals surface area (Å²) in [5, 5.41) is 11.9. The number of hydrogen-bond acceptors (Lipinski definition) is 4. The molecule has 7 heteroatoms. The number of aromatic nitrogens is 2. The molecule has 0 bridgehead atoms. The number of nitrogens with zero attached hydrogens (tertiary/aromatic N) is 2. The average molecular weight is 322 g/mol. The number of carbonyl (C=O) groups excluding carboxylic acids is 1. The van der Waals surface area contributed by atoms with Crippen molar-refractivity contribution in [2.24, 2.45) is 0 Å². The van der Waals surface area contributed by atoms with E-state index in [0.29, 0.717) is 25.5 Å². The Morgan fingerprint density at radius 1 is 1.45 bits per heavy atom. The number of nitrogens with one attached hydrogen (secondary N) is 2. The van der Waals surface area contributed by atoms with Gasteiger partial charge in [-0.25, -0.2) is 4.79 Å². The smallest absolute Gasteiger partial charge is 0.320 e. The fourth-order valence-corrected chi connectivity index (χ4v) is 2.80. The number of urea groups is 1. The lowest BCUT2D eigenvalue weighted by Crippen LogP contribution is -2.38. The van der Waals surface area contributed by atoms with E-state index in [9.17, 15) is 4.79 Å². The van der Waals surface area contributed by atoms with Gasteiger partial charge in [-0.05, 0) is 11.4 Å². The van der Waals surface area contributed by atoms with Crippen molar-refractivity contribution in [3.63, 3.8) is 0 Å². The van der Waals surface area contributed by atoms with Gasteiger partial charge in [0.25, 0.3) is 0 Å². The van der Waals surface area contributed by atoms with Crippen molar-refractivity contribution >= 4 is 23.2 Å². The molecule has 2 N–H and O–H groups in total. The fourth-order valence-electron chi connectivity index (χ4n) is 1.95. The summed E-state index contributed by atoms with van der Waals surface area (Å²) in [6, 6.07) is 5.62.